The van der Waals surface area contributed by atoms with Crippen LogP contribution in [0.4, 0.5) is 11.4 Å². The number of benzene rings is 1. The van der Waals surface area contributed by atoms with Crippen molar-refractivity contribution in [2.45, 2.75) is 18.4 Å². The van der Waals surface area contributed by atoms with E-state index in [2.05, 4.69) is 5.32 Å². The number of aliphatic carboxylic acids is 1. The van der Waals surface area contributed by atoms with Gasteiger partial charge < -0.3 is 10.4 Å². The molecule has 1 aromatic rings. The van der Waals surface area contributed by atoms with Gasteiger partial charge in [0.15, 0.2) is 0 Å². The Morgan fingerprint density at radius 2 is 2.25 bits per heavy atom. The van der Waals surface area contributed by atoms with E-state index in [1.165, 1.54) is 12.1 Å². The molecule has 6 nitrogen and oxygen atoms in total. The summed E-state index contributed by atoms with van der Waals surface area (Å²) in [5.74, 6) is -1.49. The molecule has 3 atom stereocenters. The predicted octanol–water partition coefficient (Wildman–Crippen LogP) is 2.79. The molecule has 0 radical (unpaired) electrons. The summed E-state index contributed by atoms with van der Waals surface area (Å²) in [7, 11) is 0. The van der Waals surface area contributed by atoms with Gasteiger partial charge in [0, 0.05) is 17.9 Å². The fraction of sp³-hybridized carbons (Fsp3) is 0.308. The monoisotopic (exact) mass is 294 g/mol. The topological polar surface area (TPSA) is 92.5 Å². The van der Waals surface area contributed by atoms with Crippen LogP contribution in [0.5, 0.6) is 0 Å². The van der Waals surface area contributed by atoms with Crippen LogP contribution in [0.3, 0.4) is 0 Å². The number of halogens is 1. The number of carbonyl (C=O) groups is 1. The minimum Gasteiger partial charge on any atom is -0.480 e. The number of anilines is 1. The Balaban J connectivity index is 2.22. The summed E-state index contributed by atoms with van der Waals surface area (Å²) in [5.41, 5.74) is 0.821. The molecule has 0 bridgehead atoms. The second-order valence-corrected chi connectivity index (χ2v) is 5.33. The summed E-state index contributed by atoms with van der Waals surface area (Å²) in [5, 5.41) is 23.7. The maximum absolute atomic E-state index is 11.4. The Bertz CT molecular complexity index is 644. The summed E-state index contributed by atoms with van der Waals surface area (Å²) in [6, 6.07) is 2.00. The Morgan fingerprint density at radius 3 is 2.90 bits per heavy atom. The molecule has 1 aliphatic heterocycles. The first-order valence-corrected chi connectivity index (χ1v) is 6.51. The van der Waals surface area contributed by atoms with Gasteiger partial charge in [0.25, 0.3) is 5.69 Å². The number of carboxylic acids is 1. The van der Waals surface area contributed by atoms with Crippen molar-refractivity contribution in [3.63, 3.8) is 0 Å². The highest BCUT2D eigenvalue weighted by Crippen LogP contribution is 2.50. The van der Waals surface area contributed by atoms with Crippen LogP contribution in [0, 0.1) is 16.0 Å². The minimum atomic E-state index is -0.975. The van der Waals surface area contributed by atoms with Crippen LogP contribution < -0.4 is 5.32 Å². The van der Waals surface area contributed by atoms with Crippen LogP contribution in [-0.2, 0) is 4.79 Å². The van der Waals surface area contributed by atoms with Crippen LogP contribution in [0.1, 0.15) is 17.9 Å². The van der Waals surface area contributed by atoms with E-state index in [9.17, 15) is 20.0 Å². The normalized spacial score (nSPS) is 26.6. The van der Waals surface area contributed by atoms with Gasteiger partial charge in [0.2, 0.25) is 0 Å². The lowest BCUT2D eigenvalue weighted by atomic mass is 9.78. The van der Waals surface area contributed by atoms with Gasteiger partial charge in [-0.1, -0.05) is 23.8 Å². The SMILES string of the molecule is O=C(O)[C@@H]1Nc2c(Cl)ccc([N+](=O)[O-])c2[C@H]2C=CC[C@H]21. The molecular weight excluding hydrogens is 284 g/mol. The molecule has 0 spiro atoms. The Kier molecular flexibility index (Phi) is 2.90. The van der Waals surface area contributed by atoms with E-state index in [-0.39, 0.29) is 17.5 Å². The van der Waals surface area contributed by atoms with Crippen molar-refractivity contribution in [1.29, 1.82) is 0 Å². The number of hydrogen-bond acceptors (Lipinski definition) is 4. The molecule has 0 saturated carbocycles. The first-order valence-electron chi connectivity index (χ1n) is 6.13. The van der Waals surface area contributed by atoms with Crippen molar-refractivity contribution in [3.8, 4) is 0 Å². The Morgan fingerprint density at radius 1 is 1.50 bits per heavy atom. The van der Waals surface area contributed by atoms with Gasteiger partial charge >= 0.3 is 5.97 Å². The maximum atomic E-state index is 11.4. The van der Waals surface area contributed by atoms with E-state index in [4.69, 9.17) is 11.6 Å². The number of nitrogens with one attached hydrogen (secondary N) is 1. The number of nitrogens with zero attached hydrogens (tertiary/aromatic N) is 1. The largest absolute Gasteiger partial charge is 0.480 e. The Hall–Kier alpha value is -2.08. The molecule has 0 fully saturated rings. The molecule has 0 saturated heterocycles. The van der Waals surface area contributed by atoms with Gasteiger partial charge in [0.05, 0.1) is 21.2 Å². The second-order valence-electron chi connectivity index (χ2n) is 4.93. The molecule has 104 valence electrons. The molecule has 1 heterocycles. The van der Waals surface area contributed by atoms with E-state index in [1.54, 1.807) is 0 Å². The number of nitro benzene ring substituents is 1. The zero-order chi connectivity index (χ0) is 14.4. The molecule has 7 heteroatoms. The van der Waals surface area contributed by atoms with Crippen molar-refractivity contribution < 1.29 is 14.8 Å². The average molecular weight is 295 g/mol. The average Bonchev–Trinajstić information content (AvgIpc) is 2.86. The van der Waals surface area contributed by atoms with Crippen LogP contribution in [0.25, 0.3) is 0 Å². The molecule has 2 N–H and O–H groups in total. The predicted molar refractivity (Wildman–Crippen MR) is 73.1 cm³/mol. The van der Waals surface area contributed by atoms with E-state index < -0.39 is 16.9 Å². The quantitative estimate of drug-likeness (QED) is 0.497. The van der Waals surface area contributed by atoms with Crippen LogP contribution >= 0.6 is 11.6 Å². The van der Waals surface area contributed by atoms with Gasteiger partial charge in [-0.15, -0.1) is 0 Å². The van der Waals surface area contributed by atoms with Crippen molar-refractivity contribution in [2.24, 2.45) is 5.92 Å². The van der Waals surface area contributed by atoms with E-state index in [1.807, 2.05) is 12.2 Å². The lowest BCUT2D eigenvalue weighted by molar-refractivity contribution is -0.385. The van der Waals surface area contributed by atoms with Crippen molar-refractivity contribution in [2.75, 3.05) is 5.32 Å². The molecule has 2 aliphatic rings. The third kappa shape index (κ3) is 1.76. The van der Waals surface area contributed by atoms with Gasteiger partial charge in [-0.25, -0.2) is 4.79 Å². The third-order valence-corrected chi connectivity index (χ3v) is 4.22. The van der Waals surface area contributed by atoms with Crippen molar-refractivity contribution in [3.05, 3.63) is 45.0 Å². The van der Waals surface area contributed by atoms with Crippen LogP contribution in [0.2, 0.25) is 5.02 Å². The van der Waals surface area contributed by atoms with E-state index in [0.717, 1.165) is 0 Å². The number of nitro groups is 1. The summed E-state index contributed by atoms with van der Waals surface area (Å²) >= 11 is 6.08. The molecule has 1 aliphatic carbocycles. The van der Waals surface area contributed by atoms with Crippen molar-refractivity contribution >= 4 is 28.9 Å². The van der Waals surface area contributed by atoms with Gasteiger partial charge in [-0.3, -0.25) is 10.1 Å². The molecule has 1 aromatic carbocycles. The molecule has 0 aromatic heterocycles. The van der Waals surface area contributed by atoms with E-state index >= 15 is 0 Å². The number of rotatable bonds is 2. The van der Waals surface area contributed by atoms with Crippen molar-refractivity contribution in [1.82, 2.24) is 0 Å². The smallest absolute Gasteiger partial charge is 0.326 e. The Labute approximate surface area is 119 Å². The molecule has 0 unspecified atom stereocenters. The maximum Gasteiger partial charge on any atom is 0.326 e. The highest BCUT2D eigenvalue weighted by atomic mass is 35.5. The van der Waals surface area contributed by atoms with E-state index in [0.29, 0.717) is 22.7 Å². The standard InChI is InChI=1S/C13H11ClN2O4/c14-8-4-5-9(16(19)20)10-6-2-1-3-7(6)11(13(17)18)15-12(8)10/h1-2,4-7,11,15H,3H2,(H,17,18)/t6-,7+,11+/m0/s1. The number of fused-ring (bicyclic) bond motifs is 3. The molecule has 3 rings (SSSR count). The molecular formula is C13H11ClN2O4. The first-order chi connectivity index (χ1) is 9.50. The summed E-state index contributed by atoms with van der Waals surface area (Å²) in [4.78, 5) is 22.1. The summed E-state index contributed by atoms with van der Waals surface area (Å²) in [6.45, 7) is 0. The molecule has 0 amide bonds. The third-order valence-electron chi connectivity index (χ3n) is 3.91. The highest BCUT2D eigenvalue weighted by Gasteiger charge is 2.44. The minimum absolute atomic E-state index is 0.0257. The second kappa shape index (κ2) is 4.49. The number of allylic oxidation sites excluding steroid dienone is 2. The van der Waals surface area contributed by atoms with Crippen LogP contribution in [-0.4, -0.2) is 22.0 Å². The lowest BCUT2D eigenvalue weighted by Crippen LogP contribution is -2.42. The first kappa shape index (κ1) is 12.9. The van der Waals surface area contributed by atoms with Gasteiger partial charge in [-0.2, -0.15) is 0 Å². The highest BCUT2D eigenvalue weighted by molar-refractivity contribution is 6.33. The van der Waals surface area contributed by atoms with Crippen LogP contribution in [0.15, 0.2) is 24.3 Å². The fourth-order valence-electron chi connectivity index (χ4n) is 3.06. The lowest BCUT2D eigenvalue weighted by Gasteiger charge is -2.34. The zero-order valence-corrected chi connectivity index (χ0v) is 11.0. The van der Waals surface area contributed by atoms with Gasteiger partial charge in [-0.05, 0) is 12.5 Å². The number of carboxylic acid groups (broad SMARTS) is 1. The molecule has 20 heavy (non-hydrogen) atoms. The fourth-order valence-corrected chi connectivity index (χ4v) is 3.28. The summed E-state index contributed by atoms with van der Waals surface area (Å²) in [6.07, 6.45) is 4.29. The zero-order valence-electron chi connectivity index (χ0n) is 10.2. The summed E-state index contributed by atoms with van der Waals surface area (Å²) < 4.78 is 0. The van der Waals surface area contributed by atoms with Gasteiger partial charge in [0.1, 0.15) is 6.04 Å². The number of hydrogen-bond donors (Lipinski definition) is 2.